The van der Waals surface area contributed by atoms with Crippen LogP contribution in [0.1, 0.15) is 5.56 Å². The van der Waals surface area contributed by atoms with Gasteiger partial charge in [-0.25, -0.2) is 8.42 Å². The normalized spacial score (nSPS) is 15.4. The van der Waals surface area contributed by atoms with E-state index in [1.54, 1.807) is 24.3 Å². The van der Waals surface area contributed by atoms with Gasteiger partial charge in [-0.05, 0) is 24.3 Å². The van der Waals surface area contributed by atoms with Gasteiger partial charge in [-0.2, -0.15) is 4.99 Å². The number of anilines is 1. The molecule has 0 fully saturated rings. The molecule has 6 nitrogen and oxygen atoms in total. The summed E-state index contributed by atoms with van der Waals surface area (Å²) in [6.45, 7) is -0.0430. The van der Waals surface area contributed by atoms with E-state index in [9.17, 15) is 13.2 Å². The summed E-state index contributed by atoms with van der Waals surface area (Å²) in [4.78, 5) is 14.6. The van der Waals surface area contributed by atoms with Crippen LogP contribution < -0.4 is 4.72 Å². The van der Waals surface area contributed by atoms with Gasteiger partial charge in [-0.15, -0.1) is 0 Å². The highest BCUT2D eigenvalue weighted by molar-refractivity contribution is 7.92. The highest BCUT2D eigenvalue weighted by atomic mass is 32.2. The van der Waals surface area contributed by atoms with Gasteiger partial charge in [-0.1, -0.05) is 0 Å². The van der Waals surface area contributed by atoms with Crippen molar-refractivity contribution in [2.75, 3.05) is 17.6 Å². The van der Waals surface area contributed by atoms with E-state index in [0.29, 0.717) is 11.3 Å². The van der Waals surface area contributed by atoms with Crippen LogP contribution in [0.4, 0.5) is 5.69 Å². The van der Waals surface area contributed by atoms with Crippen molar-refractivity contribution in [3.8, 4) is 0 Å². The number of benzene rings is 1. The Labute approximate surface area is 98.4 Å². The third-order valence-electron chi connectivity index (χ3n) is 1.99. The van der Waals surface area contributed by atoms with Crippen molar-refractivity contribution >= 4 is 27.5 Å². The zero-order valence-corrected chi connectivity index (χ0v) is 9.82. The average molecular weight is 254 g/mol. The second kappa shape index (κ2) is 4.17. The Hall–Kier alpha value is -1.89. The van der Waals surface area contributed by atoms with Crippen LogP contribution in [-0.4, -0.2) is 33.1 Å². The molecule has 2 rings (SSSR count). The quantitative estimate of drug-likeness (QED) is 0.844. The van der Waals surface area contributed by atoms with Gasteiger partial charge in [0.1, 0.15) is 0 Å². The number of ether oxygens (including phenoxy) is 1. The van der Waals surface area contributed by atoms with Gasteiger partial charge in [-0.3, -0.25) is 9.52 Å². The van der Waals surface area contributed by atoms with E-state index >= 15 is 0 Å². The standard InChI is InChI=1S/C10H10N2O4S/c1-17(14,15)12-8-4-2-7(3-5-8)10-11-9(13)6-16-10/h2-5,12H,6H2,1H3. The second-order valence-electron chi connectivity index (χ2n) is 3.55. The van der Waals surface area contributed by atoms with Crippen LogP contribution >= 0.6 is 0 Å². The first kappa shape index (κ1) is 11.6. The van der Waals surface area contributed by atoms with Crippen molar-refractivity contribution in [2.24, 2.45) is 4.99 Å². The molecule has 1 aliphatic heterocycles. The maximum Gasteiger partial charge on any atom is 0.286 e. The monoisotopic (exact) mass is 254 g/mol. The van der Waals surface area contributed by atoms with E-state index in [2.05, 4.69) is 9.71 Å². The van der Waals surface area contributed by atoms with E-state index < -0.39 is 10.0 Å². The third kappa shape index (κ3) is 3.04. The number of amides is 1. The molecule has 0 radical (unpaired) electrons. The van der Waals surface area contributed by atoms with E-state index in [0.717, 1.165) is 6.26 Å². The molecule has 1 N–H and O–H groups in total. The van der Waals surface area contributed by atoms with Gasteiger partial charge < -0.3 is 4.74 Å². The molecule has 1 aromatic rings. The lowest BCUT2D eigenvalue weighted by Gasteiger charge is -2.05. The molecule has 0 aromatic heterocycles. The van der Waals surface area contributed by atoms with Crippen molar-refractivity contribution in [1.82, 2.24) is 0 Å². The minimum Gasteiger partial charge on any atom is -0.467 e. The van der Waals surface area contributed by atoms with Crippen molar-refractivity contribution in [2.45, 2.75) is 0 Å². The summed E-state index contributed by atoms with van der Waals surface area (Å²) in [7, 11) is -3.28. The zero-order chi connectivity index (χ0) is 12.5. The molecule has 0 spiro atoms. The van der Waals surface area contributed by atoms with Crippen LogP contribution in [0.25, 0.3) is 0 Å². The van der Waals surface area contributed by atoms with Gasteiger partial charge in [0, 0.05) is 11.3 Å². The Morgan fingerprint density at radius 2 is 1.94 bits per heavy atom. The lowest BCUT2D eigenvalue weighted by atomic mass is 10.2. The Bertz CT molecular complexity index is 575. The Balaban J connectivity index is 2.19. The molecule has 7 heteroatoms. The molecule has 1 aromatic carbocycles. The summed E-state index contributed by atoms with van der Waals surface area (Å²) in [6, 6.07) is 6.41. The summed E-state index contributed by atoms with van der Waals surface area (Å²) in [5, 5.41) is 0. The first-order valence-electron chi connectivity index (χ1n) is 4.76. The summed E-state index contributed by atoms with van der Waals surface area (Å²) >= 11 is 0. The molecule has 0 saturated heterocycles. The van der Waals surface area contributed by atoms with Gasteiger partial charge in [0.15, 0.2) is 6.61 Å². The van der Waals surface area contributed by atoms with Crippen molar-refractivity contribution < 1.29 is 17.9 Å². The molecule has 0 saturated carbocycles. The number of sulfonamides is 1. The van der Waals surface area contributed by atoms with Crippen LogP contribution in [0.2, 0.25) is 0 Å². The fourth-order valence-corrected chi connectivity index (χ4v) is 1.91. The number of hydrogen-bond acceptors (Lipinski definition) is 4. The topological polar surface area (TPSA) is 84.8 Å². The predicted octanol–water partition coefficient (Wildman–Crippen LogP) is 0.361. The number of rotatable bonds is 3. The first-order valence-corrected chi connectivity index (χ1v) is 6.66. The summed E-state index contributed by atoms with van der Waals surface area (Å²) in [5.74, 6) is -0.0563. The number of aliphatic imine (C=N–C) groups is 1. The van der Waals surface area contributed by atoms with Gasteiger partial charge >= 0.3 is 0 Å². The summed E-state index contributed by atoms with van der Waals surface area (Å²) in [6.07, 6.45) is 1.07. The molecule has 0 unspecified atom stereocenters. The Morgan fingerprint density at radius 1 is 1.29 bits per heavy atom. The Kier molecular flexibility index (Phi) is 2.84. The summed E-state index contributed by atoms with van der Waals surface area (Å²) in [5.41, 5.74) is 1.08. The number of carbonyl (C=O) groups is 1. The average Bonchev–Trinajstić information content (AvgIpc) is 2.63. The maximum absolute atomic E-state index is 11.0. The van der Waals surface area contributed by atoms with Gasteiger partial charge in [0.2, 0.25) is 15.9 Å². The van der Waals surface area contributed by atoms with Crippen molar-refractivity contribution in [1.29, 1.82) is 0 Å². The fraction of sp³-hybridized carbons (Fsp3) is 0.200. The lowest BCUT2D eigenvalue weighted by molar-refractivity contribution is -0.118. The van der Waals surface area contributed by atoms with Crippen LogP contribution in [0.5, 0.6) is 0 Å². The smallest absolute Gasteiger partial charge is 0.286 e. The highest BCUT2D eigenvalue weighted by Crippen LogP contribution is 2.14. The molecule has 1 aliphatic rings. The van der Waals surface area contributed by atoms with Gasteiger partial charge in [0.25, 0.3) is 5.91 Å². The minimum absolute atomic E-state index is 0.0430. The number of carbonyl (C=O) groups excluding carboxylic acids is 1. The first-order chi connectivity index (χ1) is 7.94. The SMILES string of the molecule is CS(=O)(=O)Nc1ccc(C2=NC(=O)CO2)cc1. The van der Waals surface area contributed by atoms with E-state index in [1.807, 2.05) is 0 Å². The molecule has 17 heavy (non-hydrogen) atoms. The molecular weight excluding hydrogens is 244 g/mol. The maximum atomic E-state index is 11.0. The fourth-order valence-electron chi connectivity index (χ4n) is 1.35. The zero-order valence-electron chi connectivity index (χ0n) is 9.00. The molecule has 90 valence electrons. The van der Waals surface area contributed by atoms with Crippen LogP contribution in [0.15, 0.2) is 29.3 Å². The second-order valence-corrected chi connectivity index (χ2v) is 5.30. The molecule has 0 atom stereocenters. The van der Waals surface area contributed by atoms with E-state index in [-0.39, 0.29) is 18.4 Å². The molecular formula is C10H10N2O4S. The highest BCUT2D eigenvalue weighted by Gasteiger charge is 2.16. The van der Waals surface area contributed by atoms with Crippen molar-refractivity contribution in [3.63, 3.8) is 0 Å². The van der Waals surface area contributed by atoms with Gasteiger partial charge in [0.05, 0.1) is 6.26 Å². The number of hydrogen-bond donors (Lipinski definition) is 1. The lowest BCUT2D eigenvalue weighted by Crippen LogP contribution is -2.09. The van der Waals surface area contributed by atoms with Crippen LogP contribution in [-0.2, 0) is 19.6 Å². The largest absolute Gasteiger partial charge is 0.467 e. The Morgan fingerprint density at radius 3 is 2.41 bits per heavy atom. The predicted molar refractivity (Wildman–Crippen MR) is 62.4 cm³/mol. The number of nitrogens with zero attached hydrogens (tertiary/aromatic N) is 1. The van der Waals surface area contributed by atoms with Crippen LogP contribution in [0, 0.1) is 0 Å². The molecule has 0 aliphatic carbocycles. The minimum atomic E-state index is -3.28. The van der Waals surface area contributed by atoms with E-state index in [4.69, 9.17) is 4.74 Å². The molecule has 1 amide bonds. The third-order valence-corrected chi connectivity index (χ3v) is 2.60. The molecule has 0 bridgehead atoms. The number of nitrogens with one attached hydrogen (secondary N) is 1. The summed E-state index contributed by atoms with van der Waals surface area (Å²) < 4.78 is 29.3. The molecule has 1 heterocycles. The van der Waals surface area contributed by atoms with Crippen LogP contribution in [0.3, 0.4) is 0 Å². The van der Waals surface area contributed by atoms with Crippen molar-refractivity contribution in [3.05, 3.63) is 29.8 Å². The van der Waals surface area contributed by atoms with E-state index in [1.165, 1.54) is 0 Å².